The van der Waals surface area contributed by atoms with Crippen LogP contribution in [0.15, 0.2) is 45.7 Å². The molecule has 1 aromatic carbocycles. The lowest BCUT2D eigenvalue weighted by Crippen LogP contribution is -2.08. The van der Waals surface area contributed by atoms with Crippen LogP contribution in [0.4, 0.5) is 4.39 Å². The van der Waals surface area contributed by atoms with E-state index in [4.69, 9.17) is 5.79 Å². The third-order valence-electron chi connectivity index (χ3n) is 2.76. The maximum atomic E-state index is 13.4. The summed E-state index contributed by atoms with van der Waals surface area (Å²) in [6.07, 6.45) is 1.16. The van der Waals surface area contributed by atoms with Crippen molar-refractivity contribution in [2.75, 3.05) is 0 Å². The second-order valence-corrected chi connectivity index (χ2v) is 3.89. The summed E-state index contributed by atoms with van der Waals surface area (Å²) in [7, 11) is 1.60. The number of fused-ring (bicyclic) bond motifs is 1. The molecular weight excluding hydrogens is 235 g/mol. The fraction of sp³-hybridized carbons (Fsp3) is 0.0769. The van der Waals surface area contributed by atoms with E-state index >= 15 is 0 Å². The first-order chi connectivity index (χ1) is 9.06. The van der Waals surface area contributed by atoms with E-state index in [0.717, 1.165) is 6.20 Å². The van der Waals surface area contributed by atoms with Gasteiger partial charge in [-0.1, -0.05) is 0 Å². The van der Waals surface area contributed by atoms with Crippen molar-refractivity contribution in [2.45, 2.75) is 0 Å². The molecule has 0 fully saturated rings. The summed E-state index contributed by atoms with van der Waals surface area (Å²) < 4.78 is 27.0. The van der Waals surface area contributed by atoms with E-state index < -0.39 is 11.6 Å². The molecule has 0 aliphatic heterocycles. The molecule has 2 heterocycles. The summed E-state index contributed by atoms with van der Waals surface area (Å²) in [5.74, 6) is -1.08. The summed E-state index contributed by atoms with van der Waals surface area (Å²) in [4.78, 5) is 15.4. The Morgan fingerprint density at radius 1 is 1.44 bits per heavy atom. The van der Waals surface area contributed by atoms with Gasteiger partial charge in [-0.3, -0.25) is 9.55 Å². The molecule has 0 aliphatic carbocycles. The Morgan fingerprint density at radius 3 is 3.06 bits per heavy atom. The van der Waals surface area contributed by atoms with E-state index in [2.05, 4.69) is 4.98 Å². The van der Waals surface area contributed by atoms with E-state index in [0.29, 0.717) is 22.4 Å². The first kappa shape index (κ1) is 9.58. The van der Waals surface area contributed by atoms with Crippen molar-refractivity contribution >= 4 is 11.1 Å². The third kappa shape index (κ3) is 1.60. The van der Waals surface area contributed by atoms with Gasteiger partial charge >= 0.3 is 5.76 Å². The third-order valence-corrected chi connectivity index (χ3v) is 2.76. The number of rotatable bonds is 1. The average Bonchev–Trinajstić information content (AvgIpc) is 2.68. The zero-order valence-corrected chi connectivity index (χ0v) is 9.48. The van der Waals surface area contributed by atoms with Gasteiger partial charge in [-0.15, -0.1) is 0 Å². The Balaban J connectivity index is 2.22. The quantitative estimate of drug-likeness (QED) is 0.661. The van der Waals surface area contributed by atoms with Crippen LogP contribution in [0, 0.1) is 5.82 Å². The van der Waals surface area contributed by atoms with Crippen LogP contribution in [0.1, 0.15) is 1.37 Å². The normalized spacial score (nSPS) is 11.8. The van der Waals surface area contributed by atoms with Gasteiger partial charge in [0.15, 0.2) is 5.58 Å². The van der Waals surface area contributed by atoms with Crippen molar-refractivity contribution < 1.29 is 10.2 Å². The molecule has 0 bridgehead atoms. The van der Waals surface area contributed by atoms with Gasteiger partial charge in [-0.25, -0.2) is 9.18 Å². The molecule has 18 heavy (non-hydrogen) atoms. The van der Waals surface area contributed by atoms with E-state index in [1.54, 1.807) is 25.2 Å². The Kier molecular flexibility index (Phi) is 2.02. The van der Waals surface area contributed by atoms with Crippen LogP contribution in [0.3, 0.4) is 0 Å². The van der Waals surface area contributed by atoms with Gasteiger partial charge < -0.3 is 4.42 Å². The van der Waals surface area contributed by atoms with Gasteiger partial charge in [0.2, 0.25) is 0 Å². The monoisotopic (exact) mass is 245 g/mol. The molecule has 0 atom stereocenters. The highest BCUT2D eigenvalue weighted by Crippen LogP contribution is 2.22. The van der Waals surface area contributed by atoms with Crippen LogP contribution in [-0.4, -0.2) is 9.55 Å². The maximum Gasteiger partial charge on any atom is 0.419 e. The molecule has 0 saturated carbocycles. The molecule has 5 heteroatoms. The minimum absolute atomic E-state index is 0.250. The lowest BCUT2D eigenvalue weighted by molar-refractivity contribution is 0.528. The minimum atomic E-state index is -0.633. The van der Waals surface area contributed by atoms with Crippen LogP contribution < -0.4 is 5.76 Å². The number of benzene rings is 1. The van der Waals surface area contributed by atoms with Crippen LogP contribution in [0.25, 0.3) is 22.4 Å². The molecule has 0 spiro atoms. The van der Waals surface area contributed by atoms with Crippen molar-refractivity contribution in [2.24, 2.45) is 7.05 Å². The number of hydrogen-bond donors (Lipinski definition) is 0. The van der Waals surface area contributed by atoms with Crippen molar-refractivity contribution in [3.8, 4) is 11.3 Å². The maximum absolute atomic E-state index is 13.4. The summed E-state index contributed by atoms with van der Waals surface area (Å²) >= 11 is 0. The summed E-state index contributed by atoms with van der Waals surface area (Å²) in [6.45, 7) is 0. The zero-order chi connectivity index (χ0) is 13.6. The van der Waals surface area contributed by atoms with Crippen LogP contribution in [0.2, 0.25) is 0 Å². The number of aryl methyl sites for hydroxylation is 1. The van der Waals surface area contributed by atoms with E-state index in [1.165, 1.54) is 10.6 Å². The molecule has 0 aliphatic rings. The van der Waals surface area contributed by atoms with Gasteiger partial charge in [0.25, 0.3) is 0 Å². The molecule has 3 aromatic rings. The van der Waals surface area contributed by atoms with E-state index in [9.17, 15) is 9.18 Å². The van der Waals surface area contributed by atoms with Crippen molar-refractivity contribution in [1.82, 2.24) is 9.55 Å². The van der Waals surface area contributed by atoms with Crippen LogP contribution >= 0.6 is 0 Å². The number of pyridine rings is 1. The van der Waals surface area contributed by atoms with Crippen LogP contribution in [0.5, 0.6) is 0 Å². The molecule has 0 amide bonds. The Morgan fingerprint density at radius 2 is 2.28 bits per heavy atom. The van der Waals surface area contributed by atoms with E-state index in [-0.39, 0.29) is 6.04 Å². The molecule has 0 unspecified atom stereocenters. The molecule has 3 rings (SSSR count). The van der Waals surface area contributed by atoms with Gasteiger partial charge in [-0.05, 0) is 24.2 Å². The van der Waals surface area contributed by atoms with Crippen molar-refractivity contribution in [1.29, 1.82) is 0 Å². The molecule has 90 valence electrons. The number of nitrogens with zero attached hydrogens (tertiary/aromatic N) is 2. The summed E-state index contributed by atoms with van der Waals surface area (Å²) in [5, 5.41) is 0. The molecule has 0 N–H and O–H groups in total. The molecular formula is C13H9FN2O2. The largest absolute Gasteiger partial charge is 0.419 e. The first-order valence-electron chi connectivity index (χ1n) is 5.78. The molecule has 0 saturated heterocycles. The van der Waals surface area contributed by atoms with Gasteiger partial charge in [-0.2, -0.15) is 0 Å². The van der Waals surface area contributed by atoms with Crippen molar-refractivity contribution in [3.63, 3.8) is 0 Å². The van der Waals surface area contributed by atoms with Crippen molar-refractivity contribution in [3.05, 3.63) is 52.9 Å². The highest BCUT2D eigenvalue weighted by molar-refractivity contribution is 5.79. The fourth-order valence-corrected chi connectivity index (χ4v) is 1.81. The topological polar surface area (TPSA) is 48.0 Å². The number of aromatic nitrogens is 2. The number of halogens is 1. The van der Waals surface area contributed by atoms with Gasteiger partial charge in [0.05, 0.1) is 12.6 Å². The minimum Gasteiger partial charge on any atom is -0.408 e. The fourth-order valence-electron chi connectivity index (χ4n) is 1.81. The second-order valence-electron chi connectivity index (χ2n) is 3.89. The summed E-state index contributed by atoms with van der Waals surface area (Å²) in [6, 6.07) is 5.98. The SMILES string of the molecule is [2H]c1cnc(-c2ccc3oc(=O)n(C)c3c2)cc1F. The van der Waals surface area contributed by atoms with E-state index in [1.807, 2.05) is 0 Å². The highest BCUT2D eigenvalue weighted by Gasteiger charge is 2.08. The van der Waals surface area contributed by atoms with Crippen LogP contribution in [-0.2, 0) is 7.05 Å². The summed E-state index contributed by atoms with van der Waals surface area (Å²) in [5.41, 5.74) is 2.14. The number of hydrogen-bond acceptors (Lipinski definition) is 3. The van der Waals surface area contributed by atoms with Gasteiger partial charge in [0, 0.05) is 24.9 Å². The zero-order valence-electron chi connectivity index (χ0n) is 10.5. The molecule has 2 aromatic heterocycles. The van der Waals surface area contributed by atoms with Gasteiger partial charge in [0.1, 0.15) is 5.82 Å². The first-order valence-corrected chi connectivity index (χ1v) is 5.28. The Bertz CT molecular complexity index is 838. The molecule has 0 radical (unpaired) electrons. The average molecular weight is 245 g/mol. The lowest BCUT2D eigenvalue weighted by Gasteiger charge is -2.01. The standard InChI is InChI=1S/C13H9FN2O2/c1-16-11-6-8(2-3-12(11)18-13(16)17)10-7-9(14)4-5-15-10/h2-7H,1H3/i4D. The smallest absolute Gasteiger partial charge is 0.408 e. The lowest BCUT2D eigenvalue weighted by atomic mass is 10.1. The predicted octanol–water partition coefficient (Wildman–Crippen LogP) is 2.33. The Hall–Kier alpha value is -2.43. The predicted molar refractivity (Wildman–Crippen MR) is 64.6 cm³/mol. The Labute approximate surface area is 103 Å². The number of oxazole rings is 1. The second kappa shape index (κ2) is 3.80. The highest BCUT2D eigenvalue weighted by atomic mass is 19.1. The molecule has 4 nitrogen and oxygen atoms in total.